The van der Waals surface area contributed by atoms with E-state index in [2.05, 4.69) is 0 Å². The second-order valence-electron chi connectivity index (χ2n) is 5.20. The van der Waals surface area contributed by atoms with E-state index < -0.39 is 33.9 Å². The van der Waals surface area contributed by atoms with Crippen LogP contribution in [0.5, 0.6) is 0 Å². The van der Waals surface area contributed by atoms with Crippen molar-refractivity contribution in [3.8, 4) is 0 Å². The normalized spacial score (nSPS) is 20.5. The van der Waals surface area contributed by atoms with E-state index in [1.165, 1.54) is 6.92 Å². The van der Waals surface area contributed by atoms with Gasteiger partial charge in [0.1, 0.15) is 6.09 Å². The van der Waals surface area contributed by atoms with Crippen LogP contribution in [0.25, 0.3) is 0 Å². The van der Waals surface area contributed by atoms with Gasteiger partial charge in [-0.3, -0.25) is 0 Å². The first-order valence-corrected chi connectivity index (χ1v) is 8.12. The number of amides is 1. The number of nitrogens with zero attached hydrogens (tertiary/aromatic N) is 2. The molecule has 0 N–H and O–H groups in total. The Labute approximate surface area is 131 Å². The third-order valence-corrected chi connectivity index (χ3v) is 5.64. The molecule has 0 unspecified atom stereocenters. The lowest BCUT2D eigenvalue weighted by atomic mass is 10.2. The molecule has 1 aliphatic heterocycles. The smallest absolute Gasteiger partial charge is 0.416 e. The summed E-state index contributed by atoms with van der Waals surface area (Å²) in [7, 11) is -4.00. The van der Waals surface area contributed by atoms with E-state index in [0.717, 1.165) is 21.3 Å². The molecular weight excluding hydrogens is 337 g/mol. The molecule has 128 valence electrons. The van der Waals surface area contributed by atoms with Gasteiger partial charge < -0.3 is 14.8 Å². The van der Waals surface area contributed by atoms with Crippen molar-refractivity contribution in [2.75, 3.05) is 19.6 Å². The summed E-state index contributed by atoms with van der Waals surface area (Å²) in [4.78, 5) is 11.5. The van der Waals surface area contributed by atoms with Crippen LogP contribution in [0.3, 0.4) is 0 Å². The average molecular weight is 351 g/mol. The Balaban J connectivity index is 2.23. The van der Waals surface area contributed by atoms with Gasteiger partial charge >= 0.3 is 6.18 Å². The molecule has 1 atom stereocenters. The number of hydrogen-bond donors (Lipinski definition) is 0. The summed E-state index contributed by atoms with van der Waals surface area (Å²) in [6, 6.07) is 2.56. The van der Waals surface area contributed by atoms with Gasteiger partial charge in [0.15, 0.2) is 0 Å². The highest BCUT2D eigenvalue weighted by molar-refractivity contribution is 7.89. The summed E-state index contributed by atoms with van der Waals surface area (Å²) in [5.74, 6) is 0. The highest BCUT2D eigenvalue weighted by Crippen LogP contribution is 2.30. The zero-order valence-corrected chi connectivity index (χ0v) is 12.9. The van der Waals surface area contributed by atoms with Crippen molar-refractivity contribution in [3.63, 3.8) is 0 Å². The van der Waals surface area contributed by atoms with E-state index >= 15 is 0 Å². The standard InChI is InChI=1S/C13H15F3N2O4S/c1-9-8-17(12(19)20)6-7-18(9)23(21,22)11-4-2-10(3-5-11)13(14,15)16/h2-5,9H,6-8H2,1H3,(H,19,20)/p-1/t9-/m1/s1. The van der Waals surface area contributed by atoms with Crippen LogP contribution in [0.2, 0.25) is 0 Å². The molecule has 0 bridgehead atoms. The minimum Gasteiger partial charge on any atom is -0.530 e. The molecule has 1 aliphatic rings. The third kappa shape index (κ3) is 3.58. The molecule has 1 saturated heterocycles. The Morgan fingerprint density at radius 2 is 1.78 bits per heavy atom. The number of rotatable bonds is 2. The minimum absolute atomic E-state index is 0.0491. The summed E-state index contributed by atoms with van der Waals surface area (Å²) < 4.78 is 63.6. The molecule has 1 aromatic rings. The number of benzene rings is 1. The Morgan fingerprint density at radius 1 is 1.22 bits per heavy atom. The van der Waals surface area contributed by atoms with Crippen LogP contribution in [-0.2, 0) is 16.2 Å². The van der Waals surface area contributed by atoms with Gasteiger partial charge in [-0.05, 0) is 31.2 Å². The van der Waals surface area contributed by atoms with Gasteiger partial charge in [-0.15, -0.1) is 0 Å². The predicted octanol–water partition coefficient (Wildman–Crippen LogP) is 0.744. The van der Waals surface area contributed by atoms with Crippen LogP contribution in [0.4, 0.5) is 18.0 Å². The first-order chi connectivity index (χ1) is 10.5. The highest BCUT2D eigenvalue weighted by Gasteiger charge is 2.35. The second kappa shape index (κ2) is 6.00. The quantitative estimate of drug-likeness (QED) is 0.787. The van der Waals surface area contributed by atoms with E-state index in [9.17, 15) is 31.5 Å². The lowest BCUT2D eigenvalue weighted by molar-refractivity contribution is -0.267. The summed E-state index contributed by atoms with van der Waals surface area (Å²) in [5, 5.41) is 10.8. The van der Waals surface area contributed by atoms with Crippen molar-refractivity contribution in [1.29, 1.82) is 0 Å². The maximum atomic E-state index is 12.5. The number of piperazine rings is 1. The number of halogens is 3. The highest BCUT2D eigenvalue weighted by atomic mass is 32.2. The molecule has 0 saturated carbocycles. The Hall–Kier alpha value is -1.81. The molecule has 6 nitrogen and oxygen atoms in total. The predicted molar refractivity (Wildman–Crippen MR) is 71.8 cm³/mol. The summed E-state index contributed by atoms with van der Waals surface area (Å²) in [6.45, 7) is 1.34. The largest absolute Gasteiger partial charge is 0.530 e. The number of carbonyl (C=O) groups excluding carboxylic acids is 1. The van der Waals surface area contributed by atoms with Crippen molar-refractivity contribution >= 4 is 16.1 Å². The molecule has 10 heteroatoms. The maximum absolute atomic E-state index is 12.5. The van der Waals surface area contributed by atoms with Crippen LogP contribution in [0.1, 0.15) is 12.5 Å². The van der Waals surface area contributed by atoms with Gasteiger partial charge in [0.05, 0.1) is 10.5 Å². The fourth-order valence-electron chi connectivity index (χ4n) is 2.42. The van der Waals surface area contributed by atoms with Crippen molar-refractivity contribution in [1.82, 2.24) is 9.21 Å². The van der Waals surface area contributed by atoms with E-state index in [0.29, 0.717) is 12.1 Å². The number of hydrogen-bond acceptors (Lipinski definition) is 4. The van der Waals surface area contributed by atoms with E-state index in [4.69, 9.17) is 0 Å². The summed E-state index contributed by atoms with van der Waals surface area (Å²) in [5.41, 5.74) is -0.939. The molecule has 0 spiro atoms. The van der Waals surface area contributed by atoms with Crippen molar-refractivity contribution < 1.29 is 31.5 Å². The van der Waals surface area contributed by atoms with Gasteiger partial charge in [0.2, 0.25) is 10.0 Å². The van der Waals surface area contributed by atoms with E-state index in [-0.39, 0.29) is 24.5 Å². The van der Waals surface area contributed by atoms with Crippen molar-refractivity contribution in [3.05, 3.63) is 29.8 Å². The molecule has 0 radical (unpaired) electrons. The topological polar surface area (TPSA) is 80.8 Å². The van der Waals surface area contributed by atoms with Crippen LogP contribution in [0, 0.1) is 0 Å². The first kappa shape index (κ1) is 17.5. The summed E-state index contributed by atoms with van der Waals surface area (Å²) >= 11 is 0. The molecule has 1 amide bonds. The molecule has 2 rings (SSSR count). The zero-order valence-electron chi connectivity index (χ0n) is 12.1. The Kier molecular flexibility index (Phi) is 4.58. The van der Waals surface area contributed by atoms with Gasteiger partial charge in [0, 0.05) is 25.7 Å². The average Bonchev–Trinajstić information content (AvgIpc) is 2.46. The monoisotopic (exact) mass is 351 g/mol. The Morgan fingerprint density at radius 3 is 2.22 bits per heavy atom. The maximum Gasteiger partial charge on any atom is 0.416 e. The molecular formula is C13H14F3N2O4S-. The number of alkyl halides is 3. The zero-order chi connectivity index (χ0) is 17.4. The second-order valence-corrected chi connectivity index (χ2v) is 7.09. The fraction of sp³-hybridized carbons (Fsp3) is 0.462. The molecule has 1 heterocycles. The number of sulfonamides is 1. The van der Waals surface area contributed by atoms with Gasteiger partial charge in [0.25, 0.3) is 0 Å². The SMILES string of the molecule is C[C@@H]1CN(C(=O)[O-])CCN1S(=O)(=O)c1ccc(C(F)(F)F)cc1. The fourth-order valence-corrected chi connectivity index (χ4v) is 4.03. The minimum atomic E-state index is -4.55. The lowest BCUT2D eigenvalue weighted by Gasteiger charge is -2.40. The van der Waals surface area contributed by atoms with E-state index in [1.54, 1.807) is 0 Å². The molecule has 1 aromatic carbocycles. The van der Waals surface area contributed by atoms with Gasteiger partial charge in [-0.2, -0.15) is 17.5 Å². The van der Waals surface area contributed by atoms with Crippen molar-refractivity contribution in [2.24, 2.45) is 0 Å². The number of carbonyl (C=O) groups is 1. The van der Waals surface area contributed by atoms with Crippen LogP contribution < -0.4 is 5.11 Å². The lowest BCUT2D eigenvalue weighted by Crippen LogP contribution is -2.57. The van der Waals surface area contributed by atoms with Crippen molar-refractivity contribution in [2.45, 2.75) is 24.0 Å². The molecule has 0 aliphatic carbocycles. The van der Waals surface area contributed by atoms with Crippen LogP contribution in [-0.4, -0.2) is 49.4 Å². The molecule has 23 heavy (non-hydrogen) atoms. The Bertz CT molecular complexity index is 688. The third-order valence-electron chi connectivity index (χ3n) is 3.61. The van der Waals surface area contributed by atoms with Gasteiger partial charge in [-0.25, -0.2) is 8.42 Å². The molecule has 1 fully saturated rings. The van der Waals surface area contributed by atoms with Crippen LogP contribution in [0.15, 0.2) is 29.2 Å². The van der Waals surface area contributed by atoms with E-state index in [1.807, 2.05) is 0 Å². The number of carboxylic acid groups (broad SMARTS) is 1. The first-order valence-electron chi connectivity index (χ1n) is 6.68. The van der Waals surface area contributed by atoms with Crippen LogP contribution >= 0.6 is 0 Å². The molecule has 0 aromatic heterocycles. The van der Waals surface area contributed by atoms with Gasteiger partial charge in [-0.1, -0.05) is 0 Å². The summed E-state index contributed by atoms with van der Waals surface area (Å²) in [6.07, 6.45) is -5.93.